The van der Waals surface area contributed by atoms with Crippen LogP contribution in [0.15, 0.2) is 45.0 Å². The number of nitrogens with zero attached hydrogens (tertiary/aromatic N) is 4. The third-order valence-corrected chi connectivity index (χ3v) is 7.18. The number of aromatic nitrogens is 2. The van der Waals surface area contributed by atoms with Gasteiger partial charge in [0, 0.05) is 29.2 Å². The van der Waals surface area contributed by atoms with Crippen molar-refractivity contribution in [2.45, 2.75) is 30.7 Å². The molecule has 1 aromatic carbocycles. The highest BCUT2D eigenvalue weighted by atomic mass is 35.5. The van der Waals surface area contributed by atoms with Gasteiger partial charge in [0.25, 0.3) is 10.0 Å². The van der Waals surface area contributed by atoms with Crippen LogP contribution in [0, 0.1) is 0 Å². The van der Waals surface area contributed by atoms with E-state index in [1.54, 1.807) is 23.7 Å². The largest absolute Gasteiger partial charge is 0.369 e. The number of nitrogens with one attached hydrogen (secondary N) is 1. The van der Waals surface area contributed by atoms with Gasteiger partial charge in [0.2, 0.25) is 5.96 Å². The molecule has 9 nitrogen and oxygen atoms in total. The number of sulfonamides is 1. The molecule has 4 rings (SSSR count). The molecule has 1 aliphatic rings. The summed E-state index contributed by atoms with van der Waals surface area (Å²) in [5.41, 5.74) is 13.5. The molecule has 0 saturated carbocycles. The molecule has 2 heterocycles. The number of hydrogen-bond donors (Lipinski definition) is 3. The Kier molecular flexibility index (Phi) is 5.76. The van der Waals surface area contributed by atoms with Crippen LogP contribution >= 0.6 is 35.3 Å². The first-order chi connectivity index (χ1) is 13.6. The molecular formula is C17H19Cl2N7O2S2. The number of benzene rings is 1. The van der Waals surface area contributed by atoms with E-state index in [9.17, 15) is 8.42 Å². The van der Waals surface area contributed by atoms with Gasteiger partial charge in [0.15, 0.2) is 15.1 Å². The molecule has 5 N–H and O–H groups in total. The molecular weight excluding hydrogens is 469 g/mol. The van der Waals surface area contributed by atoms with E-state index < -0.39 is 10.0 Å². The van der Waals surface area contributed by atoms with Crippen molar-refractivity contribution in [2.24, 2.45) is 21.7 Å². The zero-order valence-electron chi connectivity index (χ0n) is 16.0. The van der Waals surface area contributed by atoms with Crippen LogP contribution in [0.3, 0.4) is 0 Å². The fourth-order valence-electron chi connectivity index (χ4n) is 3.44. The highest BCUT2D eigenvalue weighted by molar-refractivity contribution is 7.92. The number of guanidine groups is 1. The lowest BCUT2D eigenvalue weighted by Gasteiger charge is -2.18. The molecule has 0 fully saturated rings. The summed E-state index contributed by atoms with van der Waals surface area (Å²) in [7, 11) is -3.97. The maximum Gasteiger partial charge on any atom is 0.281 e. The van der Waals surface area contributed by atoms with E-state index >= 15 is 0 Å². The van der Waals surface area contributed by atoms with E-state index in [4.69, 9.17) is 23.1 Å². The lowest BCUT2D eigenvalue weighted by molar-refractivity contribution is 0.568. The van der Waals surface area contributed by atoms with Gasteiger partial charge in [-0.1, -0.05) is 31.5 Å². The molecule has 1 aliphatic carbocycles. The fourth-order valence-corrected chi connectivity index (χ4v) is 5.94. The van der Waals surface area contributed by atoms with Crippen LogP contribution in [0.4, 0.5) is 5.69 Å². The molecule has 30 heavy (non-hydrogen) atoms. The first-order valence-corrected chi connectivity index (χ1v) is 11.3. The Morgan fingerprint density at radius 2 is 2.10 bits per heavy atom. The number of fused-ring (bicyclic) bond motifs is 2. The van der Waals surface area contributed by atoms with Crippen molar-refractivity contribution in [1.29, 1.82) is 0 Å². The van der Waals surface area contributed by atoms with Crippen LogP contribution in [0.1, 0.15) is 31.4 Å². The van der Waals surface area contributed by atoms with E-state index in [1.165, 1.54) is 15.7 Å². The van der Waals surface area contributed by atoms with Crippen molar-refractivity contribution in [2.75, 3.05) is 4.72 Å². The Hall–Kier alpha value is -2.34. The molecule has 3 aromatic rings. The fraction of sp³-hybridized carbons (Fsp3) is 0.235. The second-order valence-electron chi connectivity index (χ2n) is 7.26. The number of imidazole rings is 1. The molecule has 160 valence electrons. The van der Waals surface area contributed by atoms with E-state index in [1.807, 2.05) is 6.07 Å². The SMILES string of the molecule is CC1(C)C/C(=N\N=C(N)N)c2cc(NS(=O)(=O)c3c(Cl)nc4sccn34)ccc21.Cl. The maximum atomic E-state index is 13.0. The summed E-state index contributed by atoms with van der Waals surface area (Å²) in [5, 5.41) is 9.44. The molecule has 0 unspecified atom stereocenters. The minimum atomic E-state index is -3.97. The Balaban J connectivity index is 0.00000256. The number of anilines is 1. The molecule has 0 radical (unpaired) electrons. The van der Waals surface area contributed by atoms with Crippen LogP contribution < -0.4 is 16.2 Å². The van der Waals surface area contributed by atoms with Crippen LogP contribution in [0.5, 0.6) is 0 Å². The second-order valence-corrected chi connectivity index (χ2v) is 10.1. The van der Waals surface area contributed by atoms with Gasteiger partial charge < -0.3 is 11.5 Å². The predicted octanol–water partition coefficient (Wildman–Crippen LogP) is 2.93. The maximum absolute atomic E-state index is 13.0. The van der Waals surface area contributed by atoms with E-state index in [-0.39, 0.29) is 34.0 Å². The minimum absolute atomic E-state index is 0. The molecule has 2 aromatic heterocycles. The summed E-state index contributed by atoms with van der Waals surface area (Å²) in [5.74, 6) is -0.143. The normalized spacial score (nSPS) is 16.3. The van der Waals surface area contributed by atoms with Crippen molar-refractivity contribution in [1.82, 2.24) is 9.38 Å². The van der Waals surface area contributed by atoms with E-state index in [0.29, 0.717) is 22.8 Å². The molecule has 0 aliphatic heterocycles. The average molecular weight is 488 g/mol. The monoisotopic (exact) mass is 487 g/mol. The predicted molar refractivity (Wildman–Crippen MR) is 123 cm³/mol. The first-order valence-electron chi connectivity index (χ1n) is 8.53. The van der Waals surface area contributed by atoms with Gasteiger partial charge in [-0.3, -0.25) is 9.12 Å². The Morgan fingerprint density at radius 3 is 2.80 bits per heavy atom. The van der Waals surface area contributed by atoms with Gasteiger partial charge in [-0.05, 0) is 23.1 Å². The van der Waals surface area contributed by atoms with Crippen molar-refractivity contribution in [3.05, 3.63) is 46.1 Å². The lowest BCUT2D eigenvalue weighted by Crippen LogP contribution is -2.22. The summed E-state index contributed by atoms with van der Waals surface area (Å²) in [6.45, 7) is 4.15. The van der Waals surface area contributed by atoms with Crippen LogP contribution in [0.2, 0.25) is 5.15 Å². The van der Waals surface area contributed by atoms with Crippen molar-refractivity contribution in [3.8, 4) is 0 Å². The van der Waals surface area contributed by atoms with Gasteiger partial charge in [0.05, 0.1) is 5.71 Å². The summed E-state index contributed by atoms with van der Waals surface area (Å²) in [4.78, 5) is 4.58. The molecule has 0 saturated heterocycles. The molecule has 0 amide bonds. The highest BCUT2D eigenvalue weighted by Gasteiger charge is 2.35. The van der Waals surface area contributed by atoms with E-state index in [0.717, 1.165) is 11.1 Å². The van der Waals surface area contributed by atoms with Crippen molar-refractivity contribution in [3.63, 3.8) is 0 Å². The topological polar surface area (TPSA) is 140 Å². The summed E-state index contributed by atoms with van der Waals surface area (Å²) < 4.78 is 30.0. The van der Waals surface area contributed by atoms with Gasteiger partial charge >= 0.3 is 0 Å². The average Bonchev–Trinajstić information content (AvgIpc) is 3.23. The minimum Gasteiger partial charge on any atom is -0.369 e. The summed E-state index contributed by atoms with van der Waals surface area (Å²) in [6.07, 6.45) is 2.23. The van der Waals surface area contributed by atoms with Crippen LogP contribution in [-0.2, 0) is 15.4 Å². The quantitative estimate of drug-likeness (QED) is 0.294. The standard InChI is InChI=1S/C17H18ClN7O2S2.ClH/c1-17(2)8-12(22-23-15(19)20)10-7-9(3-4-11(10)17)24-29(26,27)14-13(18)21-16-25(14)5-6-28-16;/h3-7,24H,8H2,1-2H3,(H4,19,20,23);1H/b22-12+;. The smallest absolute Gasteiger partial charge is 0.281 e. The van der Waals surface area contributed by atoms with Crippen molar-refractivity contribution < 1.29 is 8.42 Å². The van der Waals surface area contributed by atoms with E-state index in [2.05, 4.69) is 33.8 Å². The number of halogens is 2. The lowest BCUT2D eigenvalue weighted by atomic mass is 9.86. The van der Waals surface area contributed by atoms with Crippen LogP contribution in [0.25, 0.3) is 4.96 Å². The number of thiazole rings is 1. The first kappa shape index (κ1) is 22.3. The Morgan fingerprint density at radius 1 is 1.37 bits per heavy atom. The molecule has 0 atom stereocenters. The third kappa shape index (κ3) is 3.85. The van der Waals surface area contributed by atoms with Gasteiger partial charge in [-0.2, -0.15) is 13.5 Å². The highest BCUT2D eigenvalue weighted by Crippen LogP contribution is 2.40. The number of hydrogen-bond acceptors (Lipinski definition) is 6. The summed E-state index contributed by atoms with van der Waals surface area (Å²) in [6, 6.07) is 5.31. The van der Waals surface area contributed by atoms with Crippen LogP contribution in [-0.4, -0.2) is 29.5 Å². The Labute approximate surface area is 188 Å². The zero-order chi connectivity index (χ0) is 21.0. The molecule has 0 spiro atoms. The number of nitrogens with two attached hydrogens (primary N) is 2. The van der Waals surface area contributed by atoms with Gasteiger partial charge in [0.1, 0.15) is 0 Å². The van der Waals surface area contributed by atoms with Crippen molar-refractivity contribution >= 4 is 67.7 Å². The molecule has 0 bridgehead atoms. The third-order valence-electron chi connectivity index (χ3n) is 4.64. The Bertz CT molecular complexity index is 1290. The summed E-state index contributed by atoms with van der Waals surface area (Å²) >= 11 is 7.38. The second kappa shape index (κ2) is 7.73. The zero-order valence-corrected chi connectivity index (χ0v) is 19.2. The molecule has 13 heteroatoms. The number of rotatable bonds is 4. The van der Waals surface area contributed by atoms with Gasteiger partial charge in [-0.25, -0.2) is 4.98 Å². The van der Waals surface area contributed by atoms with Gasteiger partial charge in [-0.15, -0.1) is 28.8 Å².